The minimum atomic E-state index is -0.0631. The average molecular weight is 486 g/mol. The van der Waals surface area contributed by atoms with Crippen molar-refractivity contribution in [2.75, 3.05) is 4.90 Å². The van der Waals surface area contributed by atoms with Crippen molar-refractivity contribution in [3.05, 3.63) is 107 Å². The zero-order valence-corrected chi connectivity index (χ0v) is 19.6. The third-order valence-electron chi connectivity index (χ3n) is 5.33. The zero-order valence-electron chi connectivity index (χ0n) is 18.1. The lowest BCUT2D eigenvalue weighted by Gasteiger charge is -2.23. The van der Waals surface area contributed by atoms with Crippen LogP contribution in [0.15, 0.2) is 91.3 Å². The van der Waals surface area contributed by atoms with Gasteiger partial charge in [-0.15, -0.1) is 10.2 Å². The van der Waals surface area contributed by atoms with Crippen LogP contribution >= 0.6 is 22.9 Å². The summed E-state index contributed by atoms with van der Waals surface area (Å²) in [6, 6.07) is 25.3. The van der Waals surface area contributed by atoms with E-state index in [2.05, 4.69) is 20.4 Å². The van der Waals surface area contributed by atoms with Gasteiger partial charge in [0, 0.05) is 28.0 Å². The van der Waals surface area contributed by atoms with Crippen molar-refractivity contribution in [1.82, 2.24) is 20.4 Å². The van der Waals surface area contributed by atoms with E-state index in [0.29, 0.717) is 16.6 Å². The van der Waals surface area contributed by atoms with E-state index in [1.165, 1.54) is 11.3 Å². The number of carbonyl (C=O) groups excluding carboxylic acids is 1. The van der Waals surface area contributed by atoms with E-state index in [-0.39, 0.29) is 12.3 Å². The number of halogens is 1. The first-order valence-electron chi connectivity index (χ1n) is 10.7. The van der Waals surface area contributed by atoms with Crippen molar-refractivity contribution in [2.24, 2.45) is 0 Å². The van der Waals surface area contributed by atoms with Crippen molar-refractivity contribution < 1.29 is 4.79 Å². The summed E-state index contributed by atoms with van der Waals surface area (Å²) in [5, 5.41) is 17.5. The zero-order chi connectivity index (χ0) is 23.3. The molecule has 2 aromatic heterocycles. The Balaban J connectivity index is 1.41. The highest BCUT2D eigenvalue weighted by molar-refractivity contribution is 7.14. The second-order valence-electron chi connectivity index (χ2n) is 7.69. The Bertz CT molecular complexity index is 1380. The summed E-state index contributed by atoms with van der Waals surface area (Å²) >= 11 is 7.63. The maximum Gasteiger partial charge on any atom is 0.234 e. The van der Waals surface area contributed by atoms with Gasteiger partial charge in [-0.25, -0.2) is 0 Å². The molecule has 168 valence electrons. The first-order valence-corrected chi connectivity index (χ1v) is 11.9. The van der Waals surface area contributed by atoms with Crippen molar-refractivity contribution in [2.45, 2.75) is 13.0 Å². The average Bonchev–Trinajstić information content (AvgIpc) is 3.56. The fraction of sp³-hybridized carbons (Fsp3) is 0.0769. The van der Waals surface area contributed by atoms with Crippen molar-refractivity contribution >= 4 is 34.5 Å². The molecule has 1 N–H and O–H groups in total. The van der Waals surface area contributed by atoms with Crippen LogP contribution in [0.1, 0.15) is 10.6 Å². The van der Waals surface area contributed by atoms with Crippen LogP contribution in [0.2, 0.25) is 5.02 Å². The van der Waals surface area contributed by atoms with Gasteiger partial charge in [-0.1, -0.05) is 77.5 Å². The minimum absolute atomic E-state index is 0.0631. The molecule has 0 aliphatic rings. The lowest BCUT2D eigenvalue weighted by atomic mass is 10.1. The van der Waals surface area contributed by atoms with Crippen LogP contribution in [0.4, 0.5) is 5.69 Å². The highest BCUT2D eigenvalue weighted by atomic mass is 35.5. The molecule has 0 saturated carbocycles. The molecular formula is C26H20ClN5OS. The fourth-order valence-corrected chi connectivity index (χ4v) is 4.68. The Labute approximate surface area is 205 Å². The summed E-state index contributed by atoms with van der Waals surface area (Å²) in [4.78, 5) is 15.2. The smallest absolute Gasteiger partial charge is 0.234 e. The Morgan fingerprint density at radius 2 is 1.74 bits per heavy atom. The second kappa shape index (κ2) is 9.99. The van der Waals surface area contributed by atoms with Gasteiger partial charge in [0.15, 0.2) is 0 Å². The monoisotopic (exact) mass is 485 g/mol. The predicted octanol–water partition coefficient (Wildman–Crippen LogP) is 6.02. The number of hydrogen-bond acceptors (Lipinski definition) is 5. The topological polar surface area (TPSA) is 74.8 Å². The lowest BCUT2D eigenvalue weighted by molar-refractivity contribution is -0.118. The fourth-order valence-electron chi connectivity index (χ4n) is 3.63. The summed E-state index contributed by atoms with van der Waals surface area (Å²) in [5.74, 6) is -0.0631. The number of rotatable bonds is 7. The molecule has 6 nitrogen and oxygen atoms in total. The lowest BCUT2D eigenvalue weighted by Crippen LogP contribution is -2.31. The number of aromatic nitrogens is 4. The van der Waals surface area contributed by atoms with Crippen LogP contribution in [-0.2, 0) is 17.8 Å². The van der Waals surface area contributed by atoms with Crippen LogP contribution in [0.25, 0.3) is 21.7 Å². The maximum atomic E-state index is 13.5. The largest absolute Gasteiger partial charge is 0.308 e. The van der Waals surface area contributed by atoms with E-state index >= 15 is 0 Å². The molecule has 3 aromatic carbocycles. The molecule has 0 atom stereocenters. The Morgan fingerprint density at radius 3 is 2.47 bits per heavy atom. The Hall–Kier alpha value is -3.81. The molecule has 0 fully saturated rings. The van der Waals surface area contributed by atoms with Crippen LogP contribution in [0.3, 0.4) is 0 Å². The molecule has 0 spiro atoms. The summed E-state index contributed by atoms with van der Waals surface area (Å²) in [7, 11) is 0. The molecule has 34 heavy (non-hydrogen) atoms. The molecular weight excluding hydrogens is 466 g/mol. The van der Waals surface area contributed by atoms with Gasteiger partial charge in [-0.05, 0) is 35.4 Å². The van der Waals surface area contributed by atoms with E-state index < -0.39 is 0 Å². The molecule has 5 aromatic rings. The highest BCUT2D eigenvalue weighted by Crippen LogP contribution is 2.27. The van der Waals surface area contributed by atoms with E-state index in [0.717, 1.165) is 32.9 Å². The predicted molar refractivity (Wildman–Crippen MR) is 136 cm³/mol. The van der Waals surface area contributed by atoms with E-state index in [1.54, 1.807) is 11.1 Å². The first kappa shape index (κ1) is 22.0. The molecule has 8 heteroatoms. The number of hydrogen-bond donors (Lipinski definition) is 1. The van der Waals surface area contributed by atoms with Crippen LogP contribution in [0, 0.1) is 0 Å². The Kier molecular flexibility index (Phi) is 6.46. The van der Waals surface area contributed by atoms with Crippen LogP contribution in [0.5, 0.6) is 0 Å². The van der Waals surface area contributed by atoms with E-state index in [4.69, 9.17) is 11.6 Å². The standard InChI is InChI=1S/C26H20ClN5OS/c27-22-8-4-5-18(13-22)17-32(23-11-9-19(10-12-23)21-15-28-29-16-21)25(33)14-24-30-31-26(34-24)20-6-2-1-3-7-20/h1-13,15-16H,14,17H2,(H,28,29). The number of aromatic amines is 1. The highest BCUT2D eigenvalue weighted by Gasteiger charge is 2.20. The van der Waals surface area contributed by atoms with Gasteiger partial charge in [-0.2, -0.15) is 5.10 Å². The minimum Gasteiger partial charge on any atom is -0.308 e. The molecule has 0 unspecified atom stereocenters. The normalized spacial score (nSPS) is 10.9. The molecule has 0 saturated heterocycles. The molecule has 1 amide bonds. The Morgan fingerprint density at radius 1 is 0.912 bits per heavy atom. The summed E-state index contributed by atoms with van der Waals surface area (Å²) in [5.41, 5.74) is 4.74. The van der Waals surface area contributed by atoms with Gasteiger partial charge in [0.25, 0.3) is 0 Å². The number of carbonyl (C=O) groups is 1. The van der Waals surface area contributed by atoms with Crippen LogP contribution in [-0.4, -0.2) is 26.3 Å². The molecule has 0 aliphatic heterocycles. The third kappa shape index (κ3) is 5.06. The van der Waals surface area contributed by atoms with Crippen LogP contribution < -0.4 is 4.90 Å². The number of anilines is 1. The quantitative estimate of drug-likeness (QED) is 0.305. The molecule has 0 bridgehead atoms. The third-order valence-corrected chi connectivity index (χ3v) is 6.54. The van der Waals surface area contributed by atoms with Gasteiger partial charge in [0.2, 0.25) is 5.91 Å². The number of amides is 1. The van der Waals surface area contributed by atoms with E-state index in [1.807, 2.05) is 85.1 Å². The van der Waals surface area contributed by atoms with Gasteiger partial charge in [-0.3, -0.25) is 9.89 Å². The first-order chi connectivity index (χ1) is 16.7. The molecule has 0 radical (unpaired) electrons. The van der Waals surface area contributed by atoms with E-state index in [9.17, 15) is 4.79 Å². The molecule has 5 rings (SSSR count). The van der Waals surface area contributed by atoms with Gasteiger partial charge in [0.1, 0.15) is 10.0 Å². The van der Waals surface area contributed by atoms with Gasteiger partial charge in [0.05, 0.1) is 19.2 Å². The molecule has 2 heterocycles. The number of benzene rings is 3. The van der Waals surface area contributed by atoms with Crippen molar-refractivity contribution in [3.8, 4) is 21.7 Å². The second-order valence-corrected chi connectivity index (χ2v) is 9.19. The van der Waals surface area contributed by atoms with Gasteiger partial charge >= 0.3 is 0 Å². The number of nitrogens with one attached hydrogen (secondary N) is 1. The van der Waals surface area contributed by atoms with Crippen molar-refractivity contribution in [1.29, 1.82) is 0 Å². The van der Waals surface area contributed by atoms with Crippen molar-refractivity contribution in [3.63, 3.8) is 0 Å². The SMILES string of the molecule is O=C(Cc1nnc(-c2ccccc2)s1)N(Cc1cccc(Cl)c1)c1ccc(-c2cn[nH]c2)cc1. The summed E-state index contributed by atoms with van der Waals surface area (Å²) in [6.45, 7) is 0.398. The maximum absolute atomic E-state index is 13.5. The number of nitrogens with zero attached hydrogens (tertiary/aromatic N) is 4. The summed E-state index contributed by atoms with van der Waals surface area (Å²) in [6.07, 6.45) is 3.77. The number of H-pyrrole nitrogens is 1. The van der Waals surface area contributed by atoms with Gasteiger partial charge < -0.3 is 4.90 Å². The molecule has 0 aliphatic carbocycles. The summed E-state index contributed by atoms with van der Waals surface area (Å²) < 4.78 is 0.